The van der Waals surface area contributed by atoms with Gasteiger partial charge in [-0.05, 0) is 54.8 Å². The molecule has 1 aliphatic heterocycles. The van der Waals surface area contributed by atoms with Crippen LogP contribution >= 0.6 is 0 Å². The molecule has 5 nitrogen and oxygen atoms in total. The van der Waals surface area contributed by atoms with Crippen molar-refractivity contribution in [1.82, 2.24) is 5.32 Å². The predicted octanol–water partition coefficient (Wildman–Crippen LogP) is 4.47. The van der Waals surface area contributed by atoms with Crippen molar-refractivity contribution < 1.29 is 18.7 Å². The number of anilines is 1. The number of carbonyl (C=O) groups is 1. The molecule has 1 fully saturated rings. The molecule has 32 heavy (non-hydrogen) atoms. The predicted molar refractivity (Wildman–Crippen MR) is 127 cm³/mol. The number of ether oxygens (including phenoxy) is 2. The average Bonchev–Trinajstić information content (AvgIpc) is 2.80. The Morgan fingerprint density at radius 3 is 2.81 bits per heavy atom. The van der Waals surface area contributed by atoms with E-state index in [0.717, 1.165) is 41.2 Å². The van der Waals surface area contributed by atoms with Gasteiger partial charge in [-0.25, -0.2) is 4.39 Å². The molecule has 6 heteroatoms. The van der Waals surface area contributed by atoms with Crippen LogP contribution in [0.5, 0.6) is 11.5 Å². The van der Waals surface area contributed by atoms with Gasteiger partial charge in [-0.15, -0.1) is 0 Å². The number of nitrogens with zero attached hydrogens (tertiary/aromatic N) is 1. The van der Waals surface area contributed by atoms with Crippen LogP contribution in [0.15, 0.2) is 49.1 Å². The van der Waals surface area contributed by atoms with Crippen LogP contribution in [0.3, 0.4) is 0 Å². The Morgan fingerprint density at radius 1 is 1.25 bits per heavy atom. The van der Waals surface area contributed by atoms with Crippen molar-refractivity contribution in [3.63, 3.8) is 0 Å². The van der Waals surface area contributed by atoms with E-state index in [1.807, 2.05) is 32.1 Å². The Kier molecular flexibility index (Phi) is 8.06. The zero-order valence-corrected chi connectivity index (χ0v) is 19.0. The van der Waals surface area contributed by atoms with Gasteiger partial charge in [0.1, 0.15) is 12.4 Å². The Bertz CT molecular complexity index is 1000. The van der Waals surface area contributed by atoms with Crippen molar-refractivity contribution in [1.29, 1.82) is 0 Å². The van der Waals surface area contributed by atoms with E-state index in [1.165, 1.54) is 13.2 Å². The zero-order valence-electron chi connectivity index (χ0n) is 19.0. The first-order chi connectivity index (χ1) is 15.4. The SMILES string of the molecule is C=CCOc1ccc(C=CC(=O)C[C@H]2CN(c3ccc(F)c(OC)c3)CCN2)c(C)c1C. The molecule has 1 atom stereocenters. The van der Waals surface area contributed by atoms with Gasteiger partial charge in [0.15, 0.2) is 17.3 Å². The molecule has 0 aliphatic carbocycles. The highest BCUT2D eigenvalue weighted by molar-refractivity contribution is 5.94. The summed E-state index contributed by atoms with van der Waals surface area (Å²) in [6, 6.07) is 8.77. The van der Waals surface area contributed by atoms with Crippen LogP contribution in [0.2, 0.25) is 0 Å². The number of benzene rings is 2. The van der Waals surface area contributed by atoms with Crippen molar-refractivity contribution in [3.05, 3.63) is 71.6 Å². The first kappa shape index (κ1) is 23.5. The number of methoxy groups -OCH3 is 1. The molecule has 2 aromatic rings. The second-order valence-corrected chi connectivity index (χ2v) is 7.92. The van der Waals surface area contributed by atoms with E-state index >= 15 is 0 Å². The molecular weight excluding hydrogens is 407 g/mol. The molecule has 0 unspecified atom stereocenters. The number of allylic oxidation sites excluding steroid dienone is 1. The van der Waals surface area contributed by atoms with E-state index in [1.54, 1.807) is 24.3 Å². The second-order valence-electron chi connectivity index (χ2n) is 7.92. The molecule has 1 aliphatic rings. The third kappa shape index (κ3) is 5.77. The number of ketones is 1. The summed E-state index contributed by atoms with van der Waals surface area (Å²) in [7, 11) is 1.46. The minimum absolute atomic E-state index is 0.0226. The van der Waals surface area contributed by atoms with Gasteiger partial charge >= 0.3 is 0 Å². The molecule has 1 saturated heterocycles. The average molecular weight is 439 g/mol. The molecule has 0 aromatic heterocycles. The highest BCUT2D eigenvalue weighted by atomic mass is 19.1. The standard InChI is InChI=1S/C26H31FN2O3/c1-5-14-32-25-11-7-20(18(2)19(25)3)6-9-23(30)15-21-17-29(13-12-28-21)22-8-10-24(27)26(16-22)31-4/h5-11,16,21,28H,1,12-15,17H2,2-4H3/t21-/m0/s1. The van der Waals surface area contributed by atoms with Crippen LogP contribution < -0.4 is 19.7 Å². The Balaban J connectivity index is 1.61. The molecule has 0 spiro atoms. The molecule has 170 valence electrons. The highest BCUT2D eigenvalue weighted by Gasteiger charge is 2.22. The Morgan fingerprint density at radius 2 is 2.06 bits per heavy atom. The van der Waals surface area contributed by atoms with Gasteiger partial charge in [-0.2, -0.15) is 0 Å². The van der Waals surface area contributed by atoms with Crippen LogP contribution in [0.1, 0.15) is 23.1 Å². The van der Waals surface area contributed by atoms with Gasteiger partial charge in [0.2, 0.25) is 0 Å². The van der Waals surface area contributed by atoms with E-state index in [9.17, 15) is 9.18 Å². The molecular formula is C26H31FN2O3. The lowest BCUT2D eigenvalue weighted by Crippen LogP contribution is -2.51. The lowest BCUT2D eigenvalue weighted by atomic mass is 10.0. The third-order valence-corrected chi connectivity index (χ3v) is 5.79. The quantitative estimate of drug-likeness (QED) is 0.463. The van der Waals surface area contributed by atoms with Crippen LogP contribution in [-0.2, 0) is 4.79 Å². The molecule has 0 amide bonds. The molecule has 1 heterocycles. The Labute approximate surface area is 189 Å². The van der Waals surface area contributed by atoms with E-state index in [4.69, 9.17) is 9.47 Å². The lowest BCUT2D eigenvalue weighted by Gasteiger charge is -2.35. The fraction of sp³-hybridized carbons (Fsp3) is 0.346. The zero-order chi connectivity index (χ0) is 23.1. The topological polar surface area (TPSA) is 50.8 Å². The van der Waals surface area contributed by atoms with Crippen molar-refractivity contribution >= 4 is 17.5 Å². The van der Waals surface area contributed by atoms with Gasteiger partial charge in [0.25, 0.3) is 0 Å². The first-order valence-corrected chi connectivity index (χ1v) is 10.8. The van der Waals surface area contributed by atoms with E-state index in [2.05, 4.69) is 16.8 Å². The van der Waals surface area contributed by atoms with Crippen LogP contribution in [-0.4, -0.2) is 45.2 Å². The van der Waals surface area contributed by atoms with Crippen molar-refractivity contribution in [2.75, 3.05) is 38.3 Å². The van der Waals surface area contributed by atoms with Gasteiger partial charge in [-0.3, -0.25) is 4.79 Å². The Hall–Kier alpha value is -3.12. The highest BCUT2D eigenvalue weighted by Crippen LogP contribution is 2.26. The minimum atomic E-state index is -0.380. The van der Waals surface area contributed by atoms with Gasteiger partial charge in [0, 0.05) is 43.9 Å². The number of halogens is 1. The van der Waals surface area contributed by atoms with Crippen molar-refractivity contribution in [2.45, 2.75) is 26.3 Å². The summed E-state index contributed by atoms with van der Waals surface area (Å²) in [5.74, 6) is 0.733. The minimum Gasteiger partial charge on any atom is -0.494 e. The number of hydrogen-bond donors (Lipinski definition) is 1. The summed E-state index contributed by atoms with van der Waals surface area (Å²) in [6.45, 7) is 10.4. The van der Waals surface area contributed by atoms with Crippen molar-refractivity contribution in [2.24, 2.45) is 0 Å². The summed E-state index contributed by atoms with van der Waals surface area (Å²) in [6.07, 6.45) is 5.62. The maximum atomic E-state index is 13.7. The van der Waals surface area contributed by atoms with E-state index < -0.39 is 0 Å². The summed E-state index contributed by atoms with van der Waals surface area (Å²) in [4.78, 5) is 14.8. The fourth-order valence-corrected chi connectivity index (χ4v) is 3.84. The third-order valence-electron chi connectivity index (χ3n) is 5.79. The van der Waals surface area contributed by atoms with Crippen molar-refractivity contribution in [3.8, 4) is 11.5 Å². The summed E-state index contributed by atoms with van der Waals surface area (Å²) in [5.41, 5.74) is 4.03. The monoisotopic (exact) mass is 438 g/mol. The second kappa shape index (κ2) is 11.0. The first-order valence-electron chi connectivity index (χ1n) is 10.8. The van der Waals surface area contributed by atoms with Crippen LogP contribution in [0.25, 0.3) is 6.08 Å². The number of carbonyl (C=O) groups excluding carboxylic acids is 1. The van der Waals surface area contributed by atoms with E-state index in [0.29, 0.717) is 19.6 Å². The number of hydrogen-bond acceptors (Lipinski definition) is 5. The van der Waals surface area contributed by atoms with Gasteiger partial charge in [-0.1, -0.05) is 24.8 Å². The number of nitrogens with one attached hydrogen (secondary N) is 1. The molecule has 2 aromatic carbocycles. The van der Waals surface area contributed by atoms with E-state index in [-0.39, 0.29) is 23.4 Å². The summed E-state index contributed by atoms with van der Waals surface area (Å²) in [5, 5.41) is 3.41. The molecule has 3 rings (SSSR count). The molecule has 0 radical (unpaired) electrons. The fourth-order valence-electron chi connectivity index (χ4n) is 3.84. The summed E-state index contributed by atoms with van der Waals surface area (Å²) < 4.78 is 24.5. The number of rotatable bonds is 9. The van der Waals surface area contributed by atoms with Crippen LogP contribution in [0, 0.1) is 19.7 Å². The molecule has 0 saturated carbocycles. The number of piperazine rings is 1. The normalized spacial score (nSPS) is 16.2. The molecule has 0 bridgehead atoms. The van der Waals surface area contributed by atoms with Gasteiger partial charge in [0.05, 0.1) is 7.11 Å². The summed E-state index contributed by atoms with van der Waals surface area (Å²) >= 11 is 0. The smallest absolute Gasteiger partial charge is 0.165 e. The lowest BCUT2D eigenvalue weighted by molar-refractivity contribution is -0.115. The van der Waals surface area contributed by atoms with Gasteiger partial charge < -0.3 is 19.7 Å². The largest absolute Gasteiger partial charge is 0.494 e. The molecule has 1 N–H and O–H groups in total. The maximum Gasteiger partial charge on any atom is 0.165 e. The maximum absolute atomic E-state index is 13.7. The van der Waals surface area contributed by atoms with Crippen LogP contribution in [0.4, 0.5) is 10.1 Å².